The molecule has 1 aromatic carbocycles. The second-order valence-electron chi connectivity index (χ2n) is 11.0. The van der Waals surface area contributed by atoms with Gasteiger partial charge in [0.2, 0.25) is 17.7 Å². The first-order valence-corrected chi connectivity index (χ1v) is 13.2. The predicted octanol–water partition coefficient (Wildman–Crippen LogP) is 3.26. The number of hydroxylamine groups is 1. The van der Waals surface area contributed by atoms with Gasteiger partial charge in [-0.3, -0.25) is 24.4 Å². The first kappa shape index (κ1) is 29.8. The predicted molar refractivity (Wildman–Crippen MR) is 140 cm³/mol. The summed E-state index contributed by atoms with van der Waals surface area (Å²) in [5, 5.41) is 14.8. The monoisotopic (exact) mass is 566 g/mol. The molecule has 1 fully saturated rings. The number of amides is 4. The molecule has 10 heteroatoms. The number of carbonyl (C=O) groups is 4. The van der Waals surface area contributed by atoms with Gasteiger partial charge in [-0.2, -0.15) is 0 Å². The Morgan fingerprint density at radius 3 is 2.17 bits per heavy atom. The van der Waals surface area contributed by atoms with E-state index in [0.29, 0.717) is 37.9 Å². The molecule has 0 aromatic heterocycles. The summed E-state index contributed by atoms with van der Waals surface area (Å²) in [7, 11) is 0. The molecule has 1 aliphatic rings. The van der Waals surface area contributed by atoms with Crippen molar-refractivity contribution < 1.29 is 24.4 Å². The number of rotatable bonds is 9. The van der Waals surface area contributed by atoms with Crippen molar-refractivity contribution in [1.82, 2.24) is 21.0 Å². The van der Waals surface area contributed by atoms with Crippen LogP contribution >= 0.6 is 15.9 Å². The molecule has 1 heterocycles. The van der Waals surface area contributed by atoms with E-state index in [9.17, 15) is 19.2 Å². The first-order chi connectivity index (χ1) is 16.8. The molecule has 0 saturated carbocycles. The Balaban J connectivity index is 2.01. The summed E-state index contributed by atoms with van der Waals surface area (Å²) < 4.78 is 0.901. The number of carbonyl (C=O) groups excluding carboxylic acids is 4. The molecule has 0 unspecified atom stereocenters. The molecular weight excluding hydrogens is 528 g/mol. The van der Waals surface area contributed by atoms with Gasteiger partial charge in [0.05, 0.1) is 0 Å². The van der Waals surface area contributed by atoms with Gasteiger partial charge in [0.25, 0.3) is 5.91 Å². The third kappa shape index (κ3) is 8.89. The van der Waals surface area contributed by atoms with Crippen LogP contribution in [-0.4, -0.2) is 58.9 Å². The molecule has 0 aliphatic carbocycles. The van der Waals surface area contributed by atoms with Crippen LogP contribution in [0.1, 0.15) is 70.7 Å². The van der Waals surface area contributed by atoms with Crippen molar-refractivity contribution in [3.63, 3.8) is 0 Å². The van der Waals surface area contributed by atoms with Gasteiger partial charge in [0.1, 0.15) is 6.04 Å². The summed E-state index contributed by atoms with van der Waals surface area (Å²) in [6.45, 7) is 10.5. The molecule has 0 radical (unpaired) electrons. The Morgan fingerprint density at radius 2 is 1.67 bits per heavy atom. The maximum Gasteiger partial charge on any atom is 0.251 e. The Labute approximate surface area is 221 Å². The minimum Gasteiger partial charge on any atom is -0.349 e. The number of hydrogen-bond donors (Lipinski definition) is 4. The molecule has 4 N–H and O–H groups in total. The lowest BCUT2D eigenvalue weighted by atomic mass is 9.84. The van der Waals surface area contributed by atoms with Crippen molar-refractivity contribution in [3.8, 4) is 0 Å². The summed E-state index contributed by atoms with van der Waals surface area (Å²) in [5.74, 6) is -1.84. The highest BCUT2D eigenvalue weighted by molar-refractivity contribution is 9.10. The Bertz CT molecular complexity index is 921. The standard InChI is InChI=1S/C26H39BrN4O5/c1-16(2)14-18(15-21(32)30-36)24(34)29-22(26(3,4)5)25(35)31-12-10-20(11-13-31)28-23(33)17-6-8-19(27)9-7-17/h6-9,16,18,20,22,36H,10-15H2,1-5H3,(H,28,33)(H,29,34)(H,30,32)/t18-,22-/m1/s1. The highest BCUT2D eigenvalue weighted by Crippen LogP contribution is 2.25. The van der Waals surface area contributed by atoms with Crippen LogP contribution in [0.15, 0.2) is 28.7 Å². The number of nitrogens with one attached hydrogen (secondary N) is 3. The summed E-state index contributed by atoms with van der Waals surface area (Å²) in [4.78, 5) is 52.6. The van der Waals surface area contributed by atoms with Crippen molar-refractivity contribution >= 4 is 39.6 Å². The molecule has 9 nitrogen and oxygen atoms in total. The van der Waals surface area contributed by atoms with Gasteiger partial charge in [0, 0.05) is 41.5 Å². The highest BCUT2D eigenvalue weighted by atomic mass is 79.9. The fourth-order valence-corrected chi connectivity index (χ4v) is 4.59. The number of piperidine rings is 1. The van der Waals surface area contributed by atoms with Crippen LogP contribution in [0.25, 0.3) is 0 Å². The van der Waals surface area contributed by atoms with Crippen molar-refractivity contribution in [2.24, 2.45) is 17.3 Å². The lowest BCUT2D eigenvalue weighted by molar-refractivity contribution is -0.142. The van der Waals surface area contributed by atoms with E-state index >= 15 is 0 Å². The average Bonchev–Trinajstić information content (AvgIpc) is 2.81. The Kier molecular flexibility index (Phi) is 10.9. The number of halogens is 1. The Hall–Kier alpha value is -2.46. The van der Waals surface area contributed by atoms with E-state index in [1.165, 1.54) is 0 Å². The van der Waals surface area contributed by atoms with E-state index in [1.807, 2.05) is 46.8 Å². The van der Waals surface area contributed by atoms with Crippen LogP contribution in [0.2, 0.25) is 0 Å². The molecule has 1 saturated heterocycles. The van der Waals surface area contributed by atoms with E-state index in [4.69, 9.17) is 5.21 Å². The van der Waals surface area contributed by atoms with Crippen LogP contribution in [-0.2, 0) is 14.4 Å². The zero-order valence-electron chi connectivity index (χ0n) is 21.8. The quantitative estimate of drug-likeness (QED) is 0.269. The third-order valence-corrected chi connectivity index (χ3v) is 6.86. The molecule has 0 bridgehead atoms. The molecule has 200 valence electrons. The second kappa shape index (κ2) is 13.2. The first-order valence-electron chi connectivity index (χ1n) is 12.4. The van der Waals surface area contributed by atoms with Gasteiger partial charge in [-0.25, -0.2) is 5.48 Å². The van der Waals surface area contributed by atoms with Crippen LogP contribution in [0, 0.1) is 17.3 Å². The van der Waals surface area contributed by atoms with Gasteiger partial charge in [0.15, 0.2) is 0 Å². The van der Waals surface area contributed by atoms with Gasteiger partial charge in [-0.1, -0.05) is 50.5 Å². The highest BCUT2D eigenvalue weighted by Gasteiger charge is 2.38. The number of benzene rings is 1. The van der Waals surface area contributed by atoms with Crippen LogP contribution in [0.5, 0.6) is 0 Å². The third-order valence-electron chi connectivity index (χ3n) is 6.33. The van der Waals surface area contributed by atoms with E-state index in [2.05, 4.69) is 26.6 Å². The minimum absolute atomic E-state index is 0.0414. The average molecular weight is 568 g/mol. The number of nitrogens with zero attached hydrogens (tertiary/aromatic N) is 1. The fourth-order valence-electron chi connectivity index (χ4n) is 4.33. The summed E-state index contributed by atoms with van der Waals surface area (Å²) in [5.41, 5.74) is 1.61. The van der Waals surface area contributed by atoms with Crippen LogP contribution in [0.3, 0.4) is 0 Å². The smallest absolute Gasteiger partial charge is 0.251 e. The molecule has 2 atom stereocenters. The normalized spacial score (nSPS) is 16.3. The zero-order chi connectivity index (χ0) is 27.0. The van der Waals surface area contributed by atoms with Crippen LogP contribution in [0.4, 0.5) is 0 Å². The summed E-state index contributed by atoms with van der Waals surface area (Å²) >= 11 is 3.36. The SMILES string of the molecule is CC(C)C[C@H](CC(=O)NO)C(=O)N[C@H](C(=O)N1CCC(NC(=O)c2ccc(Br)cc2)CC1)C(C)(C)C. The maximum absolute atomic E-state index is 13.5. The minimum atomic E-state index is -0.772. The summed E-state index contributed by atoms with van der Waals surface area (Å²) in [6.07, 6.45) is 1.53. The molecule has 36 heavy (non-hydrogen) atoms. The van der Waals surface area contributed by atoms with E-state index in [-0.39, 0.29) is 36.1 Å². The maximum atomic E-state index is 13.5. The largest absolute Gasteiger partial charge is 0.349 e. The lowest BCUT2D eigenvalue weighted by Gasteiger charge is -2.39. The number of likely N-dealkylation sites (tertiary alicyclic amines) is 1. The Morgan fingerprint density at radius 1 is 1.08 bits per heavy atom. The number of hydrogen-bond acceptors (Lipinski definition) is 5. The van der Waals surface area contributed by atoms with Crippen molar-refractivity contribution in [1.29, 1.82) is 0 Å². The van der Waals surface area contributed by atoms with Crippen molar-refractivity contribution in [2.75, 3.05) is 13.1 Å². The summed E-state index contributed by atoms with van der Waals surface area (Å²) in [6, 6.07) is 6.33. The van der Waals surface area contributed by atoms with Gasteiger partial charge in [-0.05, 0) is 54.9 Å². The zero-order valence-corrected chi connectivity index (χ0v) is 23.4. The molecule has 4 amide bonds. The molecule has 0 spiro atoms. The molecular formula is C26H39BrN4O5. The fraction of sp³-hybridized carbons (Fsp3) is 0.615. The van der Waals surface area contributed by atoms with Crippen molar-refractivity contribution in [2.45, 2.75) is 72.4 Å². The van der Waals surface area contributed by atoms with Gasteiger partial charge < -0.3 is 15.5 Å². The lowest BCUT2D eigenvalue weighted by Crippen LogP contribution is -2.58. The second-order valence-corrected chi connectivity index (χ2v) is 11.9. The molecule has 1 aromatic rings. The van der Waals surface area contributed by atoms with E-state index < -0.39 is 23.3 Å². The molecule has 2 rings (SSSR count). The van der Waals surface area contributed by atoms with Crippen molar-refractivity contribution in [3.05, 3.63) is 34.3 Å². The topological polar surface area (TPSA) is 128 Å². The van der Waals surface area contributed by atoms with E-state index in [1.54, 1.807) is 22.5 Å². The van der Waals surface area contributed by atoms with Crippen LogP contribution < -0.4 is 16.1 Å². The van der Waals surface area contributed by atoms with E-state index in [0.717, 1.165) is 4.47 Å². The van der Waals surface area contributed by atoms with Gasteiger partial charge in [-0.15, -0.1) is 0 Å². The molecule has 1 aliphatic heterocycles. The van der Waals surface area contributed by atoms with Gasteiger partial charge >= 0.3 is 0 Å².